The lowest BCUT2D eigenvalue weighted by Crippen LogP contribution is -2.27. The van der Waals surface area contributed by atoms with Gasteiger partial charge in [-0.05, 0) is 54.4 Å². The predicted octanol–water partition coefficient (Wildman–Crippen LogP) is 3.76. The van der Waals surface area contributed by atoms with Gasteiger partial charge in [-0.25, -0.2) is 8.42 Å². The summed E-state index contributed by atoms with van der Waals surface area (Å²) >= 11 is 0. The summed E-state index contributed by atoms with van der Waals surface area (Å²) in [5.74, 6) is 0.191. The Balaban J connectivity index is 1.75. The number of rotatable bonds is 7. The number of methoxy groups -OCH3 is 1. The lowest BCUT2D eigenvalue weighted by Gasteiger charge is -2.21. The Bertz CT molecular complexity index is 1140. The van der Waals surface area contributed by atoms with Crippen molar-refractivity contribution < 1.29 is 17.9 Å². The standard InChI is InChI=1S/C23H24N2O4S/c1-17-8-4-5-9-19(17)16-24-23(26)18-12-14-20(15-13-18)30(27,28)25(2)21-10-6-7-11-22(21)29-3/h4-15H,16H2,1-3H3,(H,24,26). The summed E-state index contributed by atoms with van der Waals surface area (Å²) in [6, 6.07) is 20.6. The second-order valence-corrected chi connectivity index (χ2v) is 8.75. The van der Waals surface area contributed by atoms with Crippen LogP contribution in [0.2, 0.25) is 0 Å². The average molecular weight is 425 g/mol. The number of anilines is 1. The van der Waals surface area contributed by atoms with E-state index in [1.54, 1.807) is 24.3 Å². The van der Waals surface area contributed by atoms with E-state index in [1.165, 1.54) is 42.7 Å². The number of hydrogen-bond acceptors (Lipinski definition) is 4. The molecular weight excluding hydrogens is 400 g/mol. The van der Waals surface area contributed by atoms with Crippen LogP contribution in [0.1, 0.15) is 21.5 Å². The fourth-order valence-corrected chi connectivity index (χ4v) is 4.25. The normalized spacial score (nSPS) is 11.0. The van der Waals surface area contributed by atoms with Gasteiger partial charge in [-0.1, -0.05) is 36.4 Å². The van der Waals surface area contributed by atoms with Crippen LogP contribution in [0.15, 0.2) is 77.7 Å². The van der Waals surface area contributed by atoms with Crippen LogP contribution in [0.5, 0.6) is 5.75 Å². The maximum Gasteiger partial charge on any atom is 0.264 e. The van der Waals surface area contributed by atoms with Gasteiger partial charge in [-0.3, -0.25) is 9.10 Å². The third-order valence-electron chi connectivity index (χ3n) is 4.90. The van der Waals surface area contributed by atoms with Crippen LogP contribution in [0.4, 0.5) is 5.69 Å². The fraction of sp³-hybridized carbons (Fsp3) is 0.174. The van der Waals surface area contributed by atoms with Crippen LogP contribution >= 0.6 is 0 Å². The third-order valence-corrected chi connectivity index (χ3v) is 6.69. The highest BCUT2D eigenvalue weighted by atomic mass is 32.2. The van der Waals surface area contributed by atoms with Gasteiger partial charge in [0.05, 0.1) is 17.7 Å². The molecule has 0 unspecified atom stereocenters. The minimum Gasteiger partial charge on any atom is -0.495 e. The largest absolute Gasteiger partial charge is 0.495 e. The number of hydrogen-bond donors (Lipinski definition) is 1. The molecule has 0 aliphatic rings. The molecule has 0 saturated carbocycles. The number of nitrogens with zero attached hydrogens (tertiary/aromatic N) is 1. The zero-order valence-electron chi connectivity index (χ0n) is 17.1. The number of nitrogens with one attached hydrogen (secondary N) is 1. The van der Waals surface area contributed by atoms with Crippen molar-refractivity contribution in [3.05, 3.63) is 89.5 Å². The molecule has 0 fully saturated rings. The van der Waals surface area contributed by atoms with Crippen LogP contribution in [0.3, 0.4) is 0 Å². The van der Waals surface area contributed by atoms with E-state index in [-0.39, 0.29) is 10.8 Å². The molecule has 0 saturated heterocycles. The topological polar surface area (TPSA) is 75.7 Å². The Labute approximate surface area is 177 Å². The van der Waals surface area contributed by atoms with Gasteiger partial charge >= 0.3 is 0 Å². The van der Waals surface area contributed by atoms with Crippen molar-refractivity contribution in [3.63, 3.8) is 0 Å². The van der Waals surface area contributed by atoms with Gasteiger partial charge < -0.3 is 10.1 Å². The minimum absolute atomic E-state index is 0.0892. The Kier molecular flexibility index (Phi) is 6.42. The number of benzene rings is 3. The van der Waals surface area contributed by atoms with Gasteiger partial charge in [0.1, 0.15) is 5.75 Å². The number of aryl methyl sites for hydroxylation is 1. The van der Waals surface area contributed by atoms with Crippen LogP contribution < -0.4 is 14.4 Å². The van der Waals surface area contributed by atoms with E-state index < -0.39 is 10.0 Å². The Morgan fingerprint density at radius 2 is 1.60 bits per heavy atom. The van der Waals surface area contributed by atoms with Crippen molar-refractivity contribution in [1.29, 1.82) is 0 Å². The zero-order valence-corrected chi connectivity index (χ0v) is 17.9. The van der Waals surface area contributed by atoms with Crippen LogP contribution in [-0.4, -0.2) is 28.5 Å². The van der Waals surface area contributed by atoms with Crippen molar-refractivity contribution in [2.75, 3.05) is 18.5 Å². The van der Waals surface area contributed by atoms with E-state index in [0.717, 1.165) is 11.1 Å². The predicted molar refractivity (Wildman–Crippen MR) is 117 cm³/mol. The summed E-state index contributed by atoms with van der Waals surface area (Å²) in [5, 5.41) is 2.86. The first-order valence-electron chi connectivity index (χ1n) is 9.39. The molecule has 0 aliphatic heterocycles. The molecule has 0 radical (unpaired) electrons. The number of carbonyl (C=O) groups excluding carboxylic acids is 1. The van der Waals surface area contributed by atoms with Gasteiger partial charge in [0.25, 0.3) is 15.9 Å². The molecule has 3 rings (SSSR count). The highest BCUT2D eigenvalue weighted by molar-refractivity contribution is 7.92. The summed E-state index contributed by atoms with van der Waals surface area (Å²) in [6.45, 7) is 2.39. The quantitative estimate of drug-likeness (QED) is 0.627. The molecule has 30 heavy (non-hydrogen) atoms. The van der Waals surface area contributed by atoms with Gasteiger partial charge in [0, 0.05) is 19.2 Å². The first-order chi connectivity index (χ1) is 14.3. The van der Waals surface area contributed by atoms with Crippen molar-refractivity contribution in [3.8, 4) is 5.75 Å². The number of carbonyl (C=O) groups is 1. The molecular formula is C23H24N2O4S. The molecule has 0 spiro atoms. The molecule has 6 nitrogen and oxygen atoms in total. The van der Waals surface area contributed by atoms with Crippen LogP contribution in [0.25, 0.3) is 0 Å². The smallest absolute Gasteiger partial charge is 0.264 e. The Morgan fingerprint density at radius 3 is 2.27 bits per heavy atom. The van der Waals surface area contributed by atoms with Crippen LogP contribution in [-0.2, 0) is 16.6 Å². The molecule has 0 heterocycles. The third kappa shape index (κ3) is 4.46. The van der Waals surface area contributed by atoms with E-state index in [2.05, 4.69) is 5.32 Å². The van der Waals surface area contributed by atoms with Crippen molar-refractivity contribution in [1.82, 2.24) is 5.32 Å². The number of sulfonamides is 1. The zero-order chi connectivity index (χ0) is 21.7. The summed E-state index contributed by atoms with van der Waals surface area (Å²) < 4.78 is 32.4. The second-order valence-electron chi connectivity index (χ2n) is 6.78. The second kappa shape index (κ2) is 9.00. The first kappa shape index (κ1) is 21.4. The molecule has 0 atom stereocenters. The van der Waals surface area contributed by atoms with E-state index in [1.807, 2.05) is 31.2 Å². The van der Waals surface area contributed by atoms with Crippen LogP contribution in [0, 0.1) is 6.92 Å². The molecule has 0 aliphatic carbocycles. The van der Waals surface area contributed by atoms with E-state index in [4.69, 9.17) is 4.74 Å². The SMILES string of the molecule is COc1ccccc1N(C)S(=O)(=O)c1ccc(C(=O)NCc2ccccc2C)cc1. The average Bonchev–Trinajstić information content (AvgIpc) is 2.77. The molecule has 0 bridgehead atoms. The van der Waals surface area contributed by atoms with Gasteiger partial charge in [0.2, 0.25) is 0 Å². The van der Waals surface area contributed by atoms with Gasteiger partial charge in [-0.2, -0.15) is 0 Å². The summed E-state index contributed by atoms with van der Waals surface area (Å²) in [4.78, 5) is 12.5. The number of ether oxygens (including phenoxy) is 1. The summed E-state index contributed by atoms with van der Waals surface area (Å²) in [6.07, 6.45) is 0. The molecule has 1 amide bonds. The van der Waals surface area contributed by atoms with Crippen molar-refractivity contribution >= 4 is 21.6 Å². The van der Waals surface area contributed by atoms with Gasteiger partial charge in [0.15, 0.2) is 0 Å². The molecule has 0 aromatic heterocycles. The summed E-state index contributed by atoms with van der Waals surface area (Å²) in [7, 11) is -0.848. The first-order valence-corrected chi connectivity index (χ1v) is 10.8. The molecule has 3 aromatic rings. The lowest BCUT2D eigenvalue weighted by molar-refractivity contribution is 0.0951. The van der Waals surface area contributed by atoms with E-state index in [9.17, 15) is 13.2 Å². The molecule has 156 valence electrons. The monoisotopic (exact) mass is 424 g/mol. The van der Waals surface area contributed by atoms with Crippen molar-refractivity contribution in [2.24, 2.45) is 0 Å². The lowest BCUT2D eigenvalue weighted by atomic mass is 10.1. The fourth-order valence-electron chi connectivity index (χ4n) is 3.04. The Hall–Kier alpha value is -3.32. The highest BCUT2D eigenvalue weighted by Gasteiger charge is 2.23. The summed E-state index contributed by atoms with van der Waals surface area (Å²) in [5.41, 5.74) is 2.95. The molecule has 3 aromatic carbocycles. The molecule has 7 heteroatoms. The number of para-hydroxylation sites is 2. The van der Waals surface area contributed by atoms with Crippen molar-refractivity contribution in [2.45, 2.75) is 18.4 Å². The highest BCUT2D eigenvalue weighted by Crippen LogP contribution is 2.30. The van der Waals surface area contributed by atoms with E-state index in [0.29, 0.717) is 23.5 Å². The number of amides is 1. The molecule has 1 N–H and O–H groups in total. The maximum absolute atomic E-state index is 13.0. The van der Waals surface area contributed by atoms with Gasteiger partial charge in [-0.15, -0.1) is 0 Å². The van der Waals surface area contributed by atoms with E-state index >= 15 is 0 Å². The Morgan fingerprint density at radius 1 is 0.967 bits per heavy atom. The minimum atomic E-state index is -3.81. The maximum atomic E-state index is 13.0.